The molecular weight excluding hydrogens is 368 g/mol. The maximum atomic E-state index is 12.1. The van der Waals surface area contributed by atoms with Crippen molar-refractivity contribution in [3.8, 4) is 0 Å². The van der Waals surface area contributed by atoms with Crippen molar-refractivity contribution in [1.29, 1.82) is 0 Å². The molecule has 0 bridgehead atoms. The summed E-state index contributed by atoms with van der Waals surface area (Å²) in [5.41, 5.74) is 2.30. The van der Waals surface area contributed by atoms with Gasteiger partial charge in [0, 0.05) is 17.6 Å². The second-order valence-electron chi connectivity index (χ2n) is 5.41. The summed E-state index contributed by atoms with van der Waals surface area (Å²) in [5.74, 6) is 0. The first-order valence-corrected chi connectivity index (χ1v) is 9.90. The Morgan fingerprint density at radius 3 is 2.71 bits per heavy atom. The van der Waals surface area contributed by atoms with Gasteiger partial charge in [-0.05, 0) is 54.6 Å². The van der Waals surface area contributed by atoms with E-state index in [9.17, 15) is 13.2 Å². The van der Waals surface area contributed by atoms with Crippen molar-refractivity contribution in [1.82, 2.24) is 9.71 Å². The molecule has 0 radical (unpaired) electrons. The van der Waals surface area contributed by atoms with Gasteiger partial charge >= 0.3 is 0 Å². The monoisotopic (exact) mass is 382 g/mol. The lowest BCUT2D eigenvalue weighted by atomic mass is 10.1. The molecule has 0 amide bonds. The number of rotatable bonds is 5. The molecule has 0 atom stereocenters. The topological polar surface area (TPSA) is 79.0 Å². The molecule has 3 rings (SSSR count). The van der Waals surface area contributed by atoms with Crippen molar-refractivity contribution in [2.24, 2.45) is 0 Å². The molecule has 0 unspecified atom stereocenters. The van der Waals surface area contributed by atoms with E-state index in [-0.39, 0.29) is 16.3 Å². The predicted molar refractivity (Wildman–Crippen MR) is 97.5 cm³/mol. The predicted octanol–water partition coefficient (Wildman–Crippen LogP) is 3.07. The number of sulfonamides is 1. The van der Waals surface area contributed by atoms with E-state index in [4.69, 9.17) is 11.6 Å². The second-order valence-corrected chi connectivity index (χ2v) is 9.12. The summed E-state index contributed by atoms with van der Waals surface area (Å²) < 4.78 is 27.5. The third-order valence-corrected chi connectivity index (χ3v) is 6.80. The molecule has 0 saturated heterocycles. The number of aryl methyl sites for hydroxylation is 1. The van der Waals surface area contributed by atoms with Gasteiger partial charge in [-0.2, -0.15) is 0 Å². The zero-order valence-electron chi connectivity index (χ0n) is 12.8. The Hall–Kier alpha value is -1.67. The fourth-order valence-corrected chi connectivity index (χ4v) is 4.92. The van der Waals surface area contributed by atoms with E-state index in [0.717, 1.165) is 27.8 Å². The maximum Gasteiger partial charge on any atom is 0.251 e. The van der Waals surface area contributed by atoms with Crippen molar-refractivity contribution < 1.29 is 8.42 Å². The molecule has 2 aromatic heterocycles. The number of hydrogen-bond acceptors (Lipinski definition) is 4. The molecule has 2 heterocycles. The van der Waals surface area contributed by atoms with Crippen molar-refractivity contribution in [3.63, 3.8) is 0 Å². The highest BCUT2D eigenvalue weighted by atomic mass is 35.5. The van der Waals surface area contributed by atoms with Gasteiger partial charge in [-0.25, -0.2) is 13.1 Å². The Balaban J connectivity index is 1.72. The van der Waals surface area contributed by atoms with Crippen molar-refractivity contribution in [2.75, 3.05) is 6.54 Å². The van der Waals surface area contributed by atoms with E-state index in [1.807, 2.05) is 24.3 Å². The van der Waals surface area contributed by atoms with Gasteiger partial charge in [-0.3, -0.25) is 4.79 Å². The van der Waals surface area contributed by atoms with Crippen molar-refractivity contribution in [3.05, 3.63) is 62.2 Å². The summed E-state index contributed by atoms with van der Waals surface area (Å²) in [5, 5.41) is 0.928. The van der Waals surface area contributed by atoms with Gasteiger partial charge in [0.25, 0.3) is 5.56 Å². The average molecular weight is 383 g/mol. The Morgan fingerprint density at radius 2 is 2.00 bits per heavy atom. The first kappa shape index (κ1) is 17.2. The van der Waals surface area contributed by atoms with Crippen LogP contribution in [0.15, 0.2) is 45.4 Å². The van der Waals surface area contributed by atoms with Crippen LogP contribution in [-0.2, 0) is 16.4 Å². The van der Waals surface area contributed by atoms with Crippen LogP contribution in [-0.4, -0.2) is 19.9 Å². The summed E-state index contributed by atoms with van der Waals surface area (Å²) in [6, 6.07) is 10.5. The average Bonchev–Trinajstić information content (AvgIpc) is 2.96. The number of halogens is 1. The van der Waals surface area contributed by atoms with Crippen LogP contribution < -0.4 is 10.3 Å². The smallest absolute Gasteiger partial charge is 0.251 e. The molecule has 8 heteroatoms. The molecule has 3 aromatic rings. The van der Waals surface area contributed by atoms with Gasteiger partial charge in [0.05, 0.1) is 4.34 Å². The first-order chi connectivity index (χ1) is 11.3. The molecule has 0 aliphatic rings. The number of fused-ring (bicyclic) bond motifs is 1. The highest BCUT2D eigenvalue weighted by Crippen LogP contribution is 2.25. The summed E-state index contributed by atoms with van der Waals surface area (Å²) in [4.78, 5) is 14.4. The molecule has 0 aliphatic carbocycles. The van der Waals surface area contributed by atoms with Gasteiger partial charge in [0.15, 0.2) is 0 Å². The Morgan fingerprint density at radius 1 is 1.21 bits per heavy atom. The van der Waals surface area contributed by atoms with Gasteiger partial charge < -0.3 is 4.98 Å². The quantitative estimate of drug-likeness (QED) is 0.711. The van der Waals surface area contributed by atoms with Gasteiger partial charge in [-0.1, -0.05) is 17.7 Å². The molecule has 0 fully saturated rings. The second kappa shape index (κ2) is 6.68. The minimum absolute atomic E-state index is 0.0994. The van der Waals surface area contributed by atoms with Crippen molar-refractivity contribution >= 4 is 43.9 Å². The molecule has 0 spiro atoms. The fraction of sp³-hybridized carbons (Fsp3) is 0.188. The van der Waals surface area contributed by atoms with E-state index in [1.54, 1.807) is 13.0 Å². The van der Waals surface area contributed by atoms with Gasteiger partial charge in [-0.15, -0.1) is 11.3 Å². The highest BCUT2D eigenvalue weighted by molar-refractivity contribution is 7.91. The number of hydrogen-bond donors (Lipinski definition) is 2. The Labute approximate surface area is 148 Å². The van der Waals surface area contributed by atoms with E-state index in [1.165, 1.54) is 6.07 Å². The third-order valence-electron chi connectivity index (χ3n) is 3.61. The summed E-state index contributed by atoms with van der Waals surface area (Å²) >= 11 is 6.80. The van der Waals surface area contributed by atoms with Crippen LogP contribution in [0, 0.1) is 6.92 Å². The third kappa shape index (κ3) is 3.70. The minimum Gasteiger partial charge on any atom is -0.322 e. The molecule has 1 aromatic carbocycles. The number of H-pyrrole nitrogens is 1. The highest BCUT2D eigenvalue weighted by Gasteiger charge is 2.15. The molecule has 0 aliphatic heterocycles. The number of nitrogens with one attached hydrogen (secondary N) is 2. The van der Waals surface area contributed by atoms with Crippen LogP contribution in [0.5, 0.6) is 0 Å². The van der Waals surface area contributed by atoms with Crippen LogP contribution in [0.2, 0.25) is 4.34 Å². The molecule has 5 nitrogen and oxygen atoms in total. The zero-order chi connectivity index (χ0) is 17.3. The molecule has 2 N–H and O–H groups in total. The van der Waals surface area contributed by atoms with E-state index >= 15 is 0 Å². The van der Waals surface area contributed by atoms with Crippen LogP contribution in [0.4, 0.5) is 0 Å². The first-order valence-electron chi connectivity index (χ1n) is 7.23. The summed E-state index contributed by atoms with van der Waals surface area (Å²) in [6.07, 6.45) is 0.548. The molecule has 126 valence electrons. The van der Waals surface area contributed by atoms with E-state index in [0.29, 0.717) is 16.3 Å². The maximum absolute atomic E-state index is 12.1. The van der Waals surface area contributed by atoms with Crippen LogP contribution >= 0.6 is 22.9 Å². The normalized spacial score (nSPS) is 11.9. The van der Waals surface area contributed by atoms with Crippen LogP contribution in [0.1, 0.15) is 11.1 Å². The number of benzene rings is 1. The fourth-order valence-electron chi connectivity index (χ4n) is 2.36. The SMILES string of the molecule is Cc1cc2cc(CCNS(=O)(=O)c3ccc(Cl)s3)ccc2[nH]c1=O. The Bertz CT molecular complexity index is 1050. The lowest BCUT2D eigenvalue weighted by Gasteiger charge is -2.06. The molecule has 0 saturated carbocycles. The lowest BCUT2D eigenvalue weighted by Crippen LogP contribution is -2.25. The minimum atomic E-state index is -3.53. The largest absolute Gasteiger partial charge is 0.322 e. The number of aromatic amines is 1. The standard InChI is InChI=1S/C16H15ClN2O3S2/c1-10-8-12-9-11(2-3-13(12)19-16(10)20)6-7-18-24(21,22)15-5-4-14(17)23-15/h2-5,8-9,18H,6-7H2,1H3,(H,19,20). The van der Waals surface area contributed by atoms with E-state index < -0.39 is 10.0 Å². The summed E-state index contributed by atoms with van der Waals surface area (Å²) in [7, 11) is -3.53. The van der Waals surface area contributed by atoms with Gasteiger partial charge in [0.1, 0.15) is 4.21 Å². The van der Waals surface area contributed by atoms with E-state index in [2.05, 4.69) is 9.71 Å². The zero-order valence-corrected chi connectivity index (χ0v) is 15.2. The Kier molecular flexibility index (Phi) is 4.78. The van der Waals surface area contributed by atoms with Crippen molar-refractivity contribution in [2.45, 2.75) is 17.6 Å². The van der Waals surface area contributed by atoms with Gasteiger partial charge in [0.2, 0.25) is 10.0 Å². The number of thiophene rings is 1. The molecular formula is C16H15ClN2O3S2. The van der Waals surface area contributed by atoms with Crippen LogP contribution in [0.3, 0.4) is 0 Å². The van der Waals surface area contributed by atoms with Crippen LogP contribution in [0.25, 0.3) is 10.9 Å². The lowest BCUT2D eigenvalue weighted by molar-refractivity contribution is 0.584. The molecule has 24 heavy (non-hydrogen) atoms. The number of pyridine rings is 1. The number of aromatic nitrogens is 1. The summed E-state index contributed by atoms with van der Waals surface area (Å²) in [6.45, 7) is 2.04.